The lowest BCUT2D eigenvalue weighted by Crippen LogP contribution is -2.61. The van der Waals surface area contributed by atoms with E-state index in [0.717, 1.165) is 16.7 Å². The van der Waals surface area contributed by atoms with Crippen molar-refractivity contribution in [3.05, 3.63) is 78.0 Å². The smallest absolute Gasteiger partial charge is 0.459 e. The van der Waals surface area contributed by atoms with Crippen molar-refractivity contribution in [1.29, 1.82) is 0 Å². The lowest BCUT2D eigenvalue weighted by Gasteiger charge is -2.35. The molecule has 0 spiro atoms. The second-order valence-electron chi connectivity index (χ2n) is 23.3. The Bertz CT molecular complexity index is 2990. The van der Waals surface area contributed by atoms with Gasteiger partial charge in [-0.1, -0.05) is 97.5 Å². The molecule has 31 nitrogen and oxygen atoms in total. The van der Waals surface area contributed by atoms with E-state index in [-0.39, 0.29) is 32.2 Å². The molecular weight excluding hydrogens is 1250 g/mol. The van der Waals surface area contributed by atoms with Gasteiger partial charge in [-0.15, -0.1) is 0 Å². The Balaban J connectivity index is 2.32. The largest absolute Gasteiger partial charge is 0.472 e. The quantitative estimate of drug-likeness (QED) is 0.0150. The van der Waals surface area contributed by atoms with E-state index in [4.69, 9.17) is 39.5 Å². The summed E-state index contributed by atoms with van der Waals surface area (Å²) >= 11 is 0. The third-order valence-corrected chi connectivity index (χ3v) is 15.6. The summed E-state index contributed by atoms with van der Waals surface area (Å²) in [7, 11) is -0.0662. The van der Waals surface area contributed by atoms with Crippen LogP contribution in [0.5, 0.6) is 0 Å². The van der Waals surface area contributed by atoms with E-state index in [1.165, 1.54) is 87.1 Å². The molecule has 32 heteroatoms. The van der Waals surface area contributed by atoms with Crippen molar-refractivity contribution in [1.82, 2.24) is 41.7 Å². The summed E-state index contributed by atoms with van der Waals surface area (Å²) < 4.78 is 47.1. The van der Waals surface area contributed by atoms with E-state index < -0.39 is 176 Å². The third-order valence-electron chi connectivity index (χ3n) is 14.7. The first kappa shape index (κ1) is 81.7. The Kier molecular flexibility index (Phi) is 34.2. The zero-order valence-corrected chi connectivity index (χ0v) is 57.0. The average Bonchev–Trinajstić information content (AvgIpc) is 0.837. The van der Waals surface area contributed by atoms with Crippen molar-refractivity contribution in [3.8, 4) is 0 Å². The Labute approximate surface area is 548 Å². The number of phosphoric acid groups is 1. The molecule has 94 heavy (non-hydrogen) atoms. The molecule has 0 saturated heterocycles. The highest BCUT2D eigenvalue weighted by Gasteiger charge is 2.44. The molecular formula is C62H96N11O20P. The zero-order valence-electron chi connectivity index (χ0n) is 56.1. The van der Waals surface area contributed by atoms with Crippen LogP contribution in [0.15, 0.2) is 66.9 Å². The summed E-state index contributed by atoms with van der Waals surface area (Å²) in [4.78, 5) is 173. The third kappa shape index (κ3) is 26.9. The molecule has 0 heterocycles. The summed E-state index contributed by atoms with van der Waals surface area (Å²) in [5.74, 6) is -11.9. The number of amides is 10. The number of rotatable bonds is 39. The SMILES string of the molecule is C=C(C(=O)N[C@@H](C)C(=O)N(C)[C@@H](C)C(=O)N[C@H](C(=O)NC)[C@H](OC(=O)[C@@H](NC(=O)CC)[C@H](OP(=O)(O)OCc1ccc(NC(=O)[C@@H](N)CCCNC(N)=O)cc1)C(C)C)C(C)C)N(C)C(=O)[C@@H](Cc1ccccc1)OC(=O)[C@@H](NC(C)=O)[C@H](OC(=O)C[C@@H](C)OC)C(C)C. The number of ether oxygens (including phenoxy) is 4. The van der Waals surface area contributed by atoms with Crippen LogP contribution in [0.2, 0.25) is 0 Å². The van der Waals surface area contributed by atoms with Crippen molar-refractivity contribution in [2.24, 2.45) is 29.2 Å². The molecule has 12 N–H and O–H groups in total. The fraction of sp³-hybridized carbons (Fsp3) is 0.581. The molecule has 2 aromatic carbocycles. The van der Waals surface area contributed by atoms with Gasteiger partial charge in [0.1, 0.15) is 42.1 Å². The van der Waals surface area contributed by atoms with Crippen LogP contribution in [0.1, 0.15) is 113 Å². The van der Waals surface area contributed by atoms with Gasteiger partial charge in [0.15, 0.2) is 18.2 Å². The van der Waals surface area contributed by atoms with Gasteiger partial charge in [0.05, 0.1) is 25.2 Å². The lowest BCUT2D eigenvalue weighted by molar-refractivity contribution is -0.170. The number of likely N-dealkylation sites (N-methyl/N-ethyl adjacent to an activating group) is 3. The molecule has 0 aliphatic carbocycles. The molecule has 10 amide bonds. The van der Waals surface area contributed by atoms with E-state index in [0.29, 0.717) is 23.2 Å². The van der Waals surface area contributed by atoms with Crippen LogP contribution in [-0.4, -0.2) is 187 Å². The molecule has 0 aliphatic rings. The van der Waals surface area contributed by atoms with Crippen LogP contribution in [-0.2, 0) is 98.3 Å². The normalized spacial score (nSPS) is 15.4. The highest BCUT2D eigenvalue weighted by Crippen LogP contribution is 2.47. The summed E-state index contributed by atoms with van der Waals surface area (Å²) in [6.07, 6.45) is -6.58. The number of benzene rings is 2. The van der Waals surface area contributed by atoms with Gasteiger partial charge in [-0.3, -0.25) is 52.2 Å². The van der Waals surface area contributed by atoms with Crippen LogP contribution in [0.3, 0.4) is 0 Å². The van der Waals surface area contributed by atoms with Gasteiger partial charge < -0.3 is 82.3 Å². The molecule has 0 aliphatic heterocycles. The molecule has 0 aromatic heterocycles. The van der Waals surface area contributed by atoms with Gasteiger partial charge in [0, 0.05) is 60.3 Å². The van der Waals surface area contributed by atoms with E-state index in [1.54, 1.807) is 65.0 Å². The highest BCUT2D eigenvalue weighted by atomic mass is 31.2. The van der Waals surface area contributed by atoms with Crippen molar-refractivity contribution in [3.63, 3.8) is 0 Å². The van der Waals surface area contributed by atoms with Gasteiger partial charge in [-0.2, -0.15) is 0 Å². The maximum atomic E-state index is 14.4. The van der Waals surface area contributed by atoms with Crippen LogP contribution in [0, 0.1) is 17.8 Å². The summed E-state index contributed by atoms with van der Waals surface area (Å²) in [6, 6.07) is 4.76. The zero-order chi connectivity index (χ0) is 71.5. The number of anilines is 1. The Hall–Kier alpha value is -8.35. The molecule has 0 radical (unpaired) electrons. The first-order valence-corrected chi connectivity index (χ1v) is 32.0. The van der Waals surface area contributed by atoms with E-state index >= 15 is 0 Å². The fourth-order valence-corrected chi connectivity index (χ4v) is 9.95. The lowest BCUT2D eigenvalue weighted by atomic mass is 9.96. The van der Waals surface area contributed by atoms with Gasteiger partial charge in [-0.25, -0.2) is 18.9 Å². The van der Waals surface area contributed by atoms with E-state index in [1.807, 2.05) is 0 Å². The van der Waals surface area contributed by atoms with Crippen LogP contribution in [0.4, 0.5) is 10.5 Å². The van der Waals surface area contributed by atoms with Crippen LogP contribution in [0.25, 0.3) is 0 Å². The molecule has 524 valence electrons. The maximum Gasteiger partial charge on any atom is 0.472 e. The van der Waals surface area contributed by atoms with Crippen LogP contribution >= 0.6 is 7.82 Å². The summed E-state index contributed by atoms with van der Waals surface area (Å²) in [6.45, 7) is 19.7. The van der Waals surface area contributed by atoms with Crippen molar-refractivity contribution < 1.29 is 95.0 Å². The Morgan fingerprint density at radius 3 is 1.79 bits per heavy atom. The molecule has 2 rings (SSSR count). The van der Waals surface area contributed by atoms with Gasteiger partial charge in [0.25, 0.3) is 11.8 Å². The molecule has 0 fully saturated rings. The second-order valence-corrected chi connectivity index (χ2v) is 24.7. The number of nitrogens with two attached hydrogens (primary N) is 2. The number of hydrogen-bond acceptors (Lipinski definition) is 20. The van der Waals surface area contributed by atoms with Crippen molar-refractivity contribution >= 4 is 84.7 Å². The highest BCUT2D eigenvalue weighted by molar-refractivity contribution is 7.47. The number of esters is 3. The number of phosphoric ester groups is 1. The van der Waals surface area contributed by atoms with Gasteiger partial charge >= 0.3 is 31.8 Å². The van der Waals surface area contributed by atoms with Gasteiger partial charge in [-0.05, 0) is 74.6 Å². The number of methoxy groups -OCH3 is 1. The molecule has 12 atom stereocenters. The fourth-order valence-electron chi connectivity index (χ4n) is 8.90. The number of hydrogen-bond donors (Lipinski definition) is 10. The standard InChI is InChI=1S/C62H96N11O20P/c1-17-46(75)70-50(53(35(6)7)93-94(86,87)89-32-42-25-27-43(28-26-42)69-56(79)44(63)24-21-29-66-62(64)85)61(84)92-51(33(2)3)48(57(80)65-13)71-55(78)39(11)72(14)58(81)37(9)67-54(77)38(10)73(15)59(82)45(31-41-22-19-18-20-23-41)90-60(83)49(68-40(12)74)52(34(4)5)91-47(76)30-36(8)88-16/h18-20,22-23,25-28,33-37,39,44-45,48-53H,10,17,21,24,29-32,63H2,1-9,11-16H3,(H,65,80)(H,67,77)(H,68,74)(H,69,79)(H,70,75)(H,71,78)(H,86,87)(H3,64,66,85)/t36-,37+,39+,44+,45-,48+,49+,50+,51-,52-,53-/m1/s1. The van der Waals surface area contributed by atoms with Gasteiger partial charge in [0.2, 0.25) is 35.4 Å². The number of urea groups is 1. The first-order chi connectivity index (χ1) is 43.9. The molecule has 0 bridgehead atoms. The van der Waals surface area contributed by atoms with Crippen molar-refractivity contribution in [2.45, 2.75) is 182 Å². The van der Waals surface area contributed by atoms with Crippen molar-refractivity contribution in [2.75, 3.05) is 40.1 Å². The number of nitrogens with one attached hydrogen (secondary N) is 7. The number of carbonyl (C=O) groups excluding carboxylic acids is 12. The van der Waals surface area contributed by atoms with E-state index in [2.05, 4.69) is 43.8 Å². The first-order valence-electron chi connectivity index (χ1n) is 30.5. The summed E-state index contributed by atoms with van der Waals surface area (Å²) in [5.41, 5.74) is 11.7. The predicted octanol–water partition coefficient (Wildman–Crippen LogP) is 1.73. The Morgan fingerprint density at radius 2 is 1.26 bits per heavy atom. The minimum absolute atomic E-state index is 0.169. The maximum absolute atomic E-state index is 14.4. The van der Waals surface area contributed by atoms with E-state index in [9.17, 15) is 67.0 Å². The minimum Gasteiger partial charge on any atom is -0.459 e. The number of nitrogens with zero attached hydrogens (tertiary/aromatic N) is 2. The number of primary amides is 1. The Morgan fingerprint density at radius 1 is 0.691 bits per heavy atom. The summed E-state index contributed by atoms with van der Waals surface area (Å²) in [5, 5.41) is 17.4. The average molecular weight is 1350 g/mol. The number of carbonyl (C=O) groups is 12. The molecule has 2 aromatic rings. The van der Waals surface area contributed by atoms with Crippen LogP contribution < -0.4 is 48.7 Å². The second kappa shape index (κ2) is 39.4. The molecule has 1 unspecified atom stereocenters. The molecule has 0 saturated carbocycles. The predicted molar refractivity (Wildman–Crippen MR) is 342 cm³/mol. The minimum atomic E-state index is -5.10. The monoisotopic (exact) mass is 1350 g/mol. The topological polar surface area (TPSA) is 440 Å².